The molecule has 1 N–H and O–H groups in total. The molecule has 0 aliphatic carbocycles. The number of nitrogens with one attached hydrogen (secondary N) is 1. The molecule has 2 aromatic rings. The fourth-order valence-corrected chi connectivity index (χ4v) is 2.39. The molecule has 1 aromatic heterocycles. The smallest absolute Gasteiger partial charge is 0.194 e. The Kier molecular flexibility index (Phi) is 3.37. The van der Waals surface area contributed by atoms with Crippen molar-refractivity contribution in [1.29, 1.82) is 0 Å². The summed E-state index contributed by atoms with van der Waals surface area (Å²) in [6, 6.07) is 7.54. The zero-order valence-corrected chi connectivity index (χ0v) is 11.3. The number of carbonyl (C=O) groups excluding carboxylic acids is 1. The second kappa shape index (κ2) is 5.33. The van der Waals surface area contributed by atoms with E-state index in [1.807, 2.05) is 25.1 Å². The van der Waals surface area contributed by atoms with Crippen molar-refractivity contribution in [2.24, 2.45) is 0 Å². The molecule has 2 heterocycles. The number of hydrogen-bond acceptors (Lipinski definition) is 4. The molecule has 0 saturated carbocycles. The summed E-state index contributed by atoms with van der Waals surface area (Å²) in [5.74, 6) is 0.591. The Hall–Kier alpha value is -2.36. The Morgan fingerprint density at radius 1 is 1.30 bits per heavy atom. The van der Waals surface area contributed by atoms with E-state index < -0.39 is 0 Å². The summed E-state index contributed by atoms with van der Waals surface area (Å²) in [5.41, 5.74) is 3.55. The quantitative estimate of drug-likeness (QED) is 0.866. The molecule has 1 aliphatic heterocycles. The molecule has 0 spiro atoms. The first-order valence-corrected chi connectivity index (χ1v) is 6.77. The van der Waals surface area contributed by atoms with E-state index in [1.54, 1.807) is 18.5 Å². The topological polar surface area (TPSA) is 51.2 Å². The van der Waals surface area contributed by atoms with Gasteiger partial charge in [0.25, 0.3) is 0 Å². The molecule has 20 heavy (non-hydrogen) atoms. The summed E-state index contributed by atoms with van der Waals surface area (Å²) in [6.07, 6.45) is 4.21. The van der Waals surface area contributed by atoms with Crippen molar-refractivity contribution in [2.75, 3.05) is 18.5 Å². The summed E-state index contributed by atoms with van der Waals surface area (Å²) < 4.78 is 5.38. The van der Waals surface area contributed by atoms with Gasteiger partial charge in [-0.1, -0.05) is 12.1 Å². The first-order chi connectivity index (χ1) is 9.78. The van der Waals surface area contributed by atoms with Gasteiger partial charge in [0.05, 0.1) is 12.8 Å². The first kappa shape index (κ1) is 12.7. The van der Waals surface area contributed by atoms with Crippen LogP contribution < -0.4 is 10.1 Å². The number of ketones is 1. The number of ether oxygens (including phenoxy) is 1. The lowest BCUT2D eigenvalue weighted by atomic mass is 10.0. The minimum absolute atomic E-state index is 0.0319. The van der Waals surface area contributed by atoms with Gasteiger partial charge < -0.3 is 10.1 Å². The van der Waals surface area contributed by atoms with Crippen molar-refractivity contribution in [3.05, 3.63) is 53.3 Å². The van der Waals surface area contributed by atoms with E-state index in [4.69, 9.17) is 4.74 Å². The highest BCUT2D eigenvalue weighted by Crippen LogP contribution is 2.25. The monoisotopic (exact) mass is 268 g/mol. The molecule has 0 unspecified atom stereocenters. The predicted octanol–water partition coefficient (Wildman–Crippen LogP) is 2.68. The van der Waals surface area contributed by atoms with E-state index in [1.165, 1.54) is 5.56 Å². The normalized spacial score (nSPS) is 12.7. The standard InChI is InChI=1S/C16H16N2O2/c1-2-20-14-7-13(9-17-10-14)16(19)12-4-3-11-5-6-18-15(11)8-12/h3-4,7-10,18H,2,5-6H2,1H3. The predicted molar refractivity (Wildman–Crippen MR) is 77.5 cm³/mol. The Bertz CT molecular complexity index is 653. The zero-order valence-electron chi connectivity index (χ0n) is 11.3. The first-order valence-electron chi connectivity index (χ1n) is 6.77. The summed E-state index contributed by atoms with van der Waals surface area (Å²) in [7, 11) is 0. The number of nitrogens with zero attached hydrogens (tertiary/aromatic N) is 1. The molecule has 4 nitrogen and oxygen atoms in total. The van der Waals surface area contributed by atoms with Gasteiger partial charge in [-0.3, -0.25) is 9.78 Å². The lowest BCUT2D eigenvalue weighted by molar-refractivity contribution is 0.103. The number of benzene rings is 1. The Balaban J connectivity index is 1.90. The number of rotatable bonds is 4. The number of anilines is 1. The van der Waals surface area contributed by atoms with Gasteiger partial charge in [-0.15, -0.1) is 0 Å². The van der Waals surface area contributed by atoms with Crippen LogP contribution in [0.25, 0.3) is 0 Å². The van der Waals surface area contributed by atoms with Gasteiger partial charge in [-0.2, -0.15) is 0 Å². The fraction of sp³-hybridized carbons (Fsp3) is 0.250. The van der Waals surface area contributed by atoms with Gasteiger partial charge in [-0.05, 0) is 31.0 Å². The van der Waals surface area contributed by atoms with E-state index in [0.29, 0.717) is 23.5 Å². The number of carbonyl (C=O) groups is 1. The minimum Gasteiger partial charge on any atom is -0.492 e. The number of fused-ring (bicyclic) bond motifs is 1. The van der Waals surface area contributed by atoms with E-state index in [9.17, 15) is 4.79 Å². The van der Waals surface area contributed by atoms with Crippen LogP contribution in [0.5, 0.6) is 5.75 Å². The molecule has 0 amide bonds. The maximum Gasteiger partial charge on any atom is 0.194 e. The summed E-state index contributed by atoms with van der Waals surface area (Å²) >= 11 is 0. The molecule has 3 rings (SSSR count). The third-order valence-corrected chi connectivity index (χ3v) is 3.37. The van der Waals surface area contributed by atoms with Gasteiger partial charge in [0.1, 0.15) is 5.75 Å². The van der Waals surface area contributed by atoms with Crippen LogP contribution in [0.3, 0.4) is 0 Å². The minimum atomic E-state index is -0.0319. The fourth-order valence-electron chi connectivity index (χ4n) is 2.39. The third-order valence-electron chi connectivity index (χ3n) is 3.37. The number of pyridine rings is 1. The second-order valence-electron chi connectivity index (χ2n) is 4.72. The SMILES string of the molecule is CCOc1cncc(C(=O)c2ccc3c(c2)NCC3)c1. The molecule has 102 valence electrons. The lowest BCUT2D eigenvalue weighted by Gasteiger charge is -2.06. The van der Waals surface area contributed by atoms with Crippen LogP contribution in [0, 0.1) is 0 Å². The van der Waals surface area contributed by atoms with Crippen LogP contribution in [0.4, 0.5) is 5.69 Å². The number of hydrogen-bond donors (Lipinski definition) is 1. The molecular formula is C16H16N2O2. The van der Waals surface area contributed by atoms with Crippen molar-refractivity contribution in [2.45, 2.75) is 13.3 Å². The Labute approximate surface area is 117 Å². The largest absolute Gasteiger partial charge is 0.492 e. The van der Waals surface area contributed by atoms with Gasteiger partial charge in [-0.25, -0.2) is 0 Å². The summed E-state index contributed by atoms with van der Waals surface area (Å²) in [6.45, 7) is 3.40. The summed E-state index contributed by atoms with van der Waals surface area (Å²) in [4.78, 5) is 16.5. The summed E-state index contributed by atoms with van der Waals surface area (Å²) in [5, 5.41) is 3.29. The molecular weight excluding hydrogens is 252 g/mol. The van der Waals surface area contributed by atoms with Gasteiger partial charge in [0, 0.05) is 29.6 Å². The Morgan fingerprint density at radius 2 is 2.20 bits per heavy atom. The zero-order chi connectivity index (χ0) is 13.9. The average molecular weight is 268 g/mol. The van der Waals surface area contributed by atoms with Crippen LogP contribution in [0.2, 0.25) is 0 Å². The van der Waals surface area contributed by atoms with E-state index in [0.717, 1.165) is 18.7 Å². The maximum absolute atomic E-state index is 12.5. The molecule has 1 aromatic carbocycles. The van der Waals surface area contributed by atoms with Crippen molar-refractivity contribution < 1.29 is 9.53 Å². The van der Waals surface area contributed by atoms with Crippen LogP contribution >= 0.6 is 0 Å². The van der Waals surface area contributed by atoms with Crippen LogP contribution in [-0.4, -0.2) is 23.9 Å². The second-order valence-corrected chi connectivity index (χ2v) is 4.72. The highest BCUT2D eigenvalue weighted by molar-refractivity contribution is 6.09. The van der Waals surface area contributed by atoms with Gasteiger partial charge in [0.2, 0.25) is 0 Å². The third kappa shape index (κ3) is 2.37. The number of aromatic nitrogens is 1. The molecule has 1 aliphatic rings. The van der Waals surface area contributed by atoms with Crippen molar-refractivity contribution in [3.63, 3.8) is 0 Å². The van der Waals surface area contributed by atoms with Crippen molar-refractivity contribution >= 4 is 11.5 Å². The molecule has 0 radical (unpaired) electrons. The molecule has 0 atom stereocenters. The Morgan fingerprint density at radius 3 is 3.05 bits per heavy atom. The van der Waals surface area contributed by atoms with E-state index >= 15 is 0 Å². The van der Waals surface area contributed by atoms with Gasteiger partial charge in [0.15, 0.2) is 5.78 Å². The molecule has 0 fully saturated rings. The van der Waals surface area contributed by atoms with Crippen molar-refractivity contribution in [3.8, 4) is 5.75 Å². The highest BCUT2D eigenvalue weighted by atomic mass is 16.5. The average Bonchev–Trinajstić information content (AvgIpc) is 2.94. The van der Waals surface area contributed by atoms with Crippen LogP contribution in [0.15, 0.2) is 36.7 Å². The van der Waals surface area contributed by atoms with Crippen LogP contribution in [-0.2, 0) is 6.42 Å². The van der Waals surface area contributed by atoms with E-state index in [-0.39, 0.29) is 5.78 Å². The van der Waals surface area contributed by atoms with Gasteiger partial charge >= 0.3 is 0 Å². The van der Waals surface area contributed by atoms with Crippen molar-refractivity contribution in [1.82, 2.24) is 4.98 Å². The highest BCUT2D eigenvalue weighted by Gasteiger charge is 2.15. The molecule has 0 saturated heterocycles. The van der Waals surface area contributed by atoms with Crippen LogP contribution in [0.1, 0.15) is 28.4 Å². The molecule has 0 bridgehead atoms. The maximum atomic E-state index is 12.5. The molecule has 4 heteroatoms. The lowest BCUT2D eigenvalue weighted by Crippen LogP contribution is -2.03. The van der Waals surface area contributed by atoms with E-state index in [2.05, 4.69) is 10.3 Å².